The zero-order valence-corrected chi connectivity index (χ0v) is 19.7. The lowest BCUT2D eigenvalue weighted by Crippen LogP contribution is -2.35. The van der Waals surface area contributed by atoms with Crippen molar-refractivity contribution in [1.82, 2.24) is 10.6 Å². The summed E-state index contributed by atoms with van der Waals surface area (Å²) in [6.07, 6.45) is 1.04. The molecule has 0 radical (unpaired) electrons. The minimum Gasteiger partial charge on any atom is -0.463 e. The number of dihydropyridines is 1. The van der Waals surface area contributed by atoms with E-state index in [1.807, 2.05) is 0 Å². The Kier molecular flexibility index (Phi) is 9.42. The van der Waals surface area contributed by atoms with Gasteiger partial charge in [0.05, 0.1) is 42.5 Å². The minimum absolute atomic E-state index is 0. The molecule has 0 saturated carbocycles. The molecule has 1 aliphatic heterocycles. The van der Waals surface area contributed by atoms with Crippen molar-refractivity contribution in [3.05, 3.63) is 52.4 Å². The summed E-state index contributed by atoms with van der Waals surface area (Å²) in [6.45, 7) is 3.61. The number of carbonyl (C=O) groups is 1. The van der Waals surface area contributed by atoms with Crippen molar-refractivity contribution in [2.45, 2.75) is 19.8 Å². The molecule has 1 aromatic carbocycles. The zero-order chi connectivity index (χ0) is 22.5. The van der Waals surface area contributed by atoms with Crippen molar-refractivity contribution in [2.75, 3.05) is 24.1 Å². The average molecular weight is 486 g/mol. The Balaban J connectivity index is 0.00000480. The molecule has 4 N–H and O–H groups in total. The molecule has 0 aliphatic carbocycles. The molecule has 0 amide bonds. The Morgan fingerprint density at radius 1 is 1.42 bits per heavy atom. The van der Waals surface area contributed by atoms with E-state index in [0.717, 1.165) is 6.26 Å². The number of amidine groups is 1. The first-order valence-electron chi connectivity index (χ1n) is 8.94. The van der Waals surface area contributed by atoms with Crippen LogP contribution in [-0.2, 0) is 19.6 Å². The molecular weight excluding hydrogens is 462 g/mol. The number of anilines is 1. The van der Waals surface area contributed by atoms with Crippen LogP contribution in [0.25, 0.3) is 0 Å². The Hall–Kier alpha value is -2.68. The van der Waals surface area contributed by atoms with Crippen LogP contribution in [-0.4, -0.2) is 39.0 Å². The summed E-state index contributed by atoms with van der Waals surface area (Å²) in [6, 6.07) is 8.64. The number of rotatable bonds is 7. The maximum Gasteiger partial charge on any atom is 0.336 e. The Bertz CT molecular complexity index is 1080. The third-order valence-electron chi connectivity index (χ3n) is 4.22. The van der Waals surface area contributed by atoms with Gasteiger partial charge >= 0.3 is 5.97 Å². The van der Waals surface area contributed by atoms with Gasteiger partial charge in [-0.25, -0.2) is 13.2 Å². The summed E-state index contributed by atoms with van der Waals surface area (Å²) in [4.78, 5) is 12.9. The fourth-order valence-electron chi connectivity index (χ4n) is 3.14. The molecule has 0 spiro atoms. The summed E-state index contributed by atoms with van der Waals surface area (Å²) in [5.41, 5.74) is 2.35. The predicted molar refractivity (Wildman–Crippen MR) is 125 cm³/mol. The van der Waals surface area contributed by atoms with Crippen molar-refractivity contribution in [3.8, 4) is 6.07 Å². The first-order valence-corrected chi connectivity index (χ1v) is 11.3. The van der Waals surface area contributed by atoms with Gasteiger partial charge in [-0.2, -0.15) is 5.26 Å². The number of esters is 1. The number of sulfonamides is 1. The first-order chi connectivity index (χ1) is 14.1. The van der Waals surface area contributed by atoms with Crippen LogP contribution in [0.4, 0.5) is 5.69 Å². The Morgan fingerprint density at radius 2 is 2.10 bits per heavy atom. The molecule has 0 fully saturated rings. The van der Waals surface area contributed by atoms with E-state index < -0.39 is 21.9 Å². The highest BCUT2D eigenvalue weighted by atomic mass is 35.5. The SMILES string of the molecule is CCOC(=O)C1=C(CNC(=N)S)NC(C)=C(C#N)C1c1cccc(NS(C)(=O)=O)c1.Cl. The van der Waals surface area contributed by atoms with Crippen molar-refractivity contribution in [3.63, 3.8) is 0 Å². The van der Waals surface area contributed by atoms with Gasteiger partial charge in [0, 0.05) is 17.1 Å². The number of nitrogens with zero attached hydrogens (tertiary/aromatic N) is 1. The number of allylic oxidation sites excluding steroid dienone is 2. The fourth-order valence-corrected chi connectivity index (χ4v) is 3.77. The number of nitrogens with one attached hydrogen (secondary N) is 4. The summed E-state index contributed by atoms with van der Waals surface area (Å²) in [7, 11) is -3.51. The van der Waals surface area contributed by atoms with Crippen LogP contribution in [0.5, 0.6) is 0 Å². The van der Waals surface area contributed by atoms with E-state index >= 15 is 0 Å². The lowest BCUT2D eigenvalue weighted by atomic mass is 9.80. The molecule has 1 aliphatic rings. The van der Waals surface area contributed by atoms with Gasteiger partial charge in [0.15, 0.2) is 5.17 Å². The van der Waals surface area contributed by atoms with Crippen LogP contribution >= 0.6 is 25.0 Å². The van der Waals surface area contributed by atoms with Crippen LogP contribution in [0.1, 0.15) is 25.3 Å². The second-order valence-electron chi connectivity index (χ2n) is 6.52. The summed E-state index contributed by atoms with van der Waals surface area (Å²) < 4.78 is 30.9. The molecular formula is C19H24ClN5O4S2. The van der Waals surface area contributed by atoms with Gasteiger partial charge in [-0.15, -0.1) is 25.0 Å². The second kappa shape index (κ2) is 11.1. The van der Waals surface area contributed by atoms with E-state index in [0.29, 0.717) is 28.2 Å². The van der Waals surface area contributed by atoms with Gasteiger partial charge in [-0.05, 0) is 31.5 Å². The van der Waals surface area contributed by atoms with Gasteiger partial charge in [0.25, 0.3) is 0 Å². The lowest BCUT2D eigenvalue weighted by Gasteiger charge is -2.30. The lowest BCUT2D eigenvalue weighted by molar-refractivity contribution is -0.138. The fraction of sp³-hybridized carbons (Fsp3) is 0.316. The summed E-state index contributed by atoms with van der Waals surface area (Å²) in [5.74, 6) is -1.39. The molecule has 1 aromatic rings. The monoisotopic (exact) mass is 485 g/mol. The molecule has 12 heteroatoms. The molecule has 1 heterocycles. The van der Waals surface area contributed by atoms with Crippen LogP contribution < -0.4 is 15.4 Å². The average Bonchev–Trinajstić information content (AvgIpc) is 2.64. The van der Waals surface area contributed by atoms with Crippen LogP contribution in [0.15, 0.2) is 46.8 Å². The molecule has 1 unspecified atom stereocenters. The number of nitriles is 1. The number of ether oxygens (including phenoxy) is 1. The zero-order valence-electron chi connectivity index (χ0n) is 17.1. The third-order valence-corrected chi connectivity index (χ3v) is 4.98. The van der Waals surface area contributed by atoms with Crippen molar-refractivity contribution in [2.24, 2.45) is 0 Å². The Labute approximate surface area is 193 Å². The summed E-state index contributed by atoms with van der Waals surface area (Å²) in [5, 5.41) is 23.0. The summed E-state index contributed by atoms with van der Waals surface area (Å²) >= 11 is 3.90. The minimum atomic E-state index is -3.51. The van der Waals surface area contributed by atoms with Gasteiger partial charge in [0.2, 0.25) is 10.0 Å². The highest BCUT2D eigenvalue weighted by Crippen LogP contribution is 2.39. The van der Waals surface area contributed by atoms with E-state index in [2.05, 4.69) is 34.1 Å². The molecule has 0 bridgehead atoms. The molecule has 9 nitrogen and oxygen atoms in total. The van der Waals surface area contributed by atoms with E-state index in [1.54, 1.807) is 38.1 Å². The largest absolute Gasteiger partial charge is 0.463 e. The number of benzene rings is 1. The van der Waals surface area contributed by atoms with Crippen LogP contribution in [0.3, 0.4) is 0 Å². The van der Waals surface area contributed by atoms with E-state index in [1.165, 1.54) is 0 Å². The predicted octanol–water partition coefficient (Wildman–Crippen LogP) is 2.24. The van der Waals surface area contributed by atoms with Crippen molar-refractivity contribution in [1.29, 1.82) is 10.7 Å². The highest BCUT2D eigenvalue weighted by Gasteiger charge is 2.35. The second-order valence-corrected chi connectivity index (χ2v) is 8.72. The van der Waals surface area contributed by atoms with Crippen LogP contribution in [0.2, 0.25) is 0 Å². The molecule has 168 valence electrons. The number of carbonyl (C=O) groups excluding carboxylic acids is 1. The molecule has 0 saturated heterocycles. The van der Waals surface area contributed by atoms with Gasteiger partial charge in [0.1, 0.15) is 0 Å². The van der Waals surface area contributed by atoms with E-state index in [-0.39, 0.29) is 36.3 Å². The number of halogens is 1. The third kappa shape index (κ3) is 6.92. The maximum absolute atomic E-state index is 12.9. The highest BCUT2D eigenvalue weighted by molar-refractivity contribution is 7.96. The van der Waals surface area contributed by atoms with Gasteiger partial charge in [-0.1, -0.05) is 12.1 Å². The Morgan fingerprint density at radius 3 is 2.65 bits per heavy atom. The number of thiol groups is 1. The molecule has 31 heavy (non-hydrogen) atoms. The number of hydrogen-bond acceptors (Lipinski definition) is 7. The van der Waals surface area contributed by atoms with E-state index in [9.17, 15) is 18.5 Å². The quantitative estimate of drug-likeness (QED) is 0.172. The maximum atomic E-state index is 12.9. The standard InChI is InChI=1S/C19H23N5O4S2.ClH/c1-4-28-18(25)17-15(10-22-19(21)29)23-11(2)14(9-20)16(17)12-6-5-7-13(8-12)24-30(3,26)27;/h5-8,16,23-24H,4,10H2,1-3H3,(H3,21,22,29);1H. The normalized spacial score (nSPS) is 15.9. The van der Waals surface area contributed by atoms with E-state index in [4.69, 9.17) is 10.1 Å². The smallest absolute Gasteiger partial charge is 0.336 e. The molecule has 1 atom stereocenters. The topological polar surface area (TPSA) is 144 Å². The van der Waals surface area contributed by atoms with Gasteiger partial charge < -0.3 is 15.4 Å². The molecule has 0 aromatic heterocycles. The molecule has 2 rings (SSSR count). The first kappa shape index (κ1) is 26.4. The van der Waals surface area contributed by atoms with Gasteiger partial charge in [-0.3, -0.25) is 10.1 Å². The van der Waals surface area contributed by atoms with Crippen molar-refractivity contribution >= 4 is 51.9 Å². The van der Waals surface area contributed by atoms with Crippen molar-refractivity contribution < 1.29 is 17.9 Å². The number of hydrogen-bond donors (Lipinski definition) is 5. The van der Waals surface area contributed by atoms with Crippen LogP contribution in [0, 0.1) is 16.7 Å².